The van der Waals surface area contributed by atoms with Gasteiger partial charge in [-0.2, -0.15) is 5.10 Å². The molecule has 1 N–H and O–H groups in total. The van der Waals surface area contributed by atoms with Crippen LogP contribution >= 0.6 is 0 Å². The normalized spacial score (nSPS) is 10.3. The molecule has 0 fully saturated rings. The number of carbonyl (C=O) groups excluding carboxylic acids is 1. The molecule has 5 nitrogen and oxygen atoms in total. The molecular weight excluding hydrogens is 192 g/mol. The molecule has 1 aromatic heterocycles. The Hall–Kier alpha value is -1.91. The Labute approximate surface area is 88.8 Å². The van der Waals surface area contributed by atoms with Crippen molar-refractivity contribution in [3.8, 4) is 0 Å². The minimum atomic E-state index is -0.224. The van der Waals surface area contributed by atoms with Crippen molar-refractivity contribution in [1.82, 2.24) is 15.3 Å². The molecule has 0 saturated carbocycles. The molecule has 1 rings (SSSR count). The highest BCUT2D eigenvalue weighted by Crippen LogP contribution is 1.92. The lowest BCUT2D eigenvalue weighted by Gasteiger charge is -2.10. The van der Waals surface area contributed by atoms with Crippen molar-refractivity contribution < 1.29 is 4.79 Å². The number of amides is 2. The van der Waals surface area contributed by atoms with Gasteiger partial charge in [-0.3, -0.25) is 4.98 Å². The number of hydrogen-bond donors (Lipinski definition) is 1. The molecule has 80 valence electrons. The fourth-order valence-electron chi connectivity index (χ4n) is 0.924. The van der Waals surface area contributed by atoms with Crippen molar-refractivity contribution in [2.75, 3.05) is 13.6 Å². The van der Waals surface area contributed by atoms with Crippen LogP contribution in [0.5, 0.6) is 0 Å². The predicted octanol–water partition coefficient (Wildman–Crippen LogP) is 1.08. The summed E-state index contributed by atoms with van der Waals surface area (Å²) in [6.45, 7) is 2.45. The average Bonchev–Trinajstić information content (AvgIpc) is 2.27. The molecule has 2 amide bonds. The maximum atomic E-state index is 11.2. The number of nitrogens with one attached hydrogen (secondary N) is 1. The van der Waals surface area contributed by atoms with Gasteiger partial charge < -0.3 is 5.32 Å². The maximum Gasteiger partial charge on any atom is 0.337 e. The summed E-state index contributed by atoms with van der Waals surface area (Å²) in [5.74, 6) is 0. The van der Waals surface area contributed by atoms with Crippen LogP contribution in [0.4, 0.5) is 4.79 Å². The lowest BCUT2D eigenvalue weighted by molar-refractivity contribution is 0.211. The molecule has 0 radical (unpaired) electrons. The van der Waals surface area contributed by atoms with Gasteiger partial charge in [-0.1, -0.05) is 6.07 Å². The van der Waals surface area contributed by atoms with Crippen LogP contribution in [0.25, 0.3) is 0 Å². The van der Waals surface area contributed by atoms with E-state index in [1.807, 2.05) is 19.1 Å². The minimum absolute atomic E-state index is 0.224. The van der Waals surface area contributed by atoms with Crippen molar-refractivity contribution in [3.05, 3.63) is 30.1 Å². The number of pyridine rings is 1. The number of nitrogens with zero attached hydrogens (tertiary/aromatic N) is 3. The van der Waals surface area contributed by atoms with Gasteiger partial charge in [0.25, 0.3) is 0 Å². The van der Waals surface area contributed by atoms with Crippen molar-refractivity contribution in [3.63, 3.8) is 0 Å². The van der Waals surface area contributed by atoms with Gasteiger partial charge in [0, 0.05) is 31.5 Å². The summed E-state index contributed by atoms with van der Waals surface area (Å²) in [7, 11) is 1.60. The standard InChI is InChI=1S/C10H14N4O/c1-3-12-10(15)14(2)13-8-9-5-4-6-11-7-9/h4-8H,3H2,1-2H3,(H,12,15). The van der Waals surface area contributed by atoms with Gasteiger partial charge in [0.15, 0.2) is 0 Å². The van der Waals surface area contributed by atoms with E-state index in [0.29, 0.717) is 6.54 Å². The van der Waals surface area contributed by atoms with E-state index in [9.17, 15) is 4.79 Å². The monoisotopic (exact) mass is 206 g/mol. The molecule has 5 heteroatoms. The third kappa shape index (κ3) is 3.76. The zero-order valence-electron chi connectivity index (χ0n) is 8.84. The molecule has 0 atom stereocenters. The first kappa shape index (κ1) is 11.2. The van der Waals surface area contributed by atoms with Gasteiger partial charge >= 0.3 is 6.03 Å². The molecule has 0 saturated heterocycles. The minimum Gasteiger partial charge on any atom is -0.337 e. The Kier molecular flexibility index (Phi) is 4.28. The van der Waals surface area contributed by atoms with E-state index in [0.717, 1.165) is 5.56 Å². The molecule has 0 aromatic carbocycles. The van der Waals surface area contributed by atoms with E-state index in [1.54, 1.807) is 25.7 Å². The highest BCUT2D eigenvalue weighted by atomic mass is 16.2. The summed E-state index contributed by atoms with van der Waals surface area (Å²) in [5.41, 5.74) is 0.855. The van der Waals surface area contributed by atoms with E-state index in [1.165, 1.54) is 5.01 Å². The van der Waals surface area contributed by atoms with Crippen molar-refractivity contribution in [2.45, 2.75) is 6.92 Å². The average molecular weight is 206 g/mol. The highest BCUT2D eigenvalue weighted by molar-refractivity contribution is 5.81. The van der Waals surface area contributed by atoms with Gasteiger partial charge in [0.2, 0.25) is 0 Å². The van der Waals surface area contributed by atoms with Gasteiger partial charge in [-0.25, -0.2) is 9.80 Å². The second-order valence-corrected chi connectivity index (χ2v) is 2.89. The number of urea groups is 1. The predicted molar refractivity (Wildman–Crippen MR) is 58.7 cm³/mol. The molecule has 0 unspecified atom stereocenters. The second-order valence-electron chi connectivity index (χ2n) is 2.89. The van der Waals surface area contributed by atoms with Crippen molar-refractivity contribution in [2.24, 2.45) is 5.10 Å². The van der Waals surface area contributed by atoms with Gasteiger partial charge in [-0.15, -0.1) is 0 Å². The summed E-state index contributed by atoms with van der Waals surface area (Å²) in [4.78, 5) is 15.2. The van der Waals surface area contributed by atoms with Gasteiger partial charge in [-0.05, 0) is 13.0 Å². The number of carbonyl (C=O) groups is 1. The van der Waals surface area contributed by atoms with E-state index < -0.39 is 0 Å². The molecule has 0 aliphatic carbocycles. The fourth-order valence-corrected chi connectivity index (χ4v) is 0.924. The summed E-state index contributed by atoms with van der Waals surface area (Å²) in [6, 6.07) is 3.45. The van der Waals surface area contributed by atoms with E-state index in [4.69, 9.17) is 0 Å². The van der Waals surface area contributed by atoms with Crippen LogP contribution in [-0.2, 0) is 0 Å². The first-order valence-electron chi connectivity index (χ1n) is 4.69. The molecule has 0 bridgehead atoms. The molecule has 1 aromatic rings. The number of rotatable bonds is 3. The van der Waals surface area contributed by atoms with Gasteiger partial charge in [0.05, 0.1) is 6.21 Å². The number of hydrazone groups is 1. The Balaban J connectivity index is 2.54. The fraction of sp³-hybridized carbons (Fsp3) is 0.300. The summed E-state index contributed by atoms with van der Waals surface area (Å²) < 4.78 is 0. The van der Waals surface area contributed by atoms with Crippen LogP contribution in [0.3, 0.4) is 0 Å². The third-order valence-electron chi connectivity index (χ3n) is 1.69. The lowest BCUT2D eigenvalue weighted by atomic mass is 10.3. The Morgan fingerprint density at radius 2 is 2.53 bits per heavy atom. The maximum absolute atomic E-state index is 11.2. The van der Waals surface area contributed by atoms with Crippen LogP contribution in [0, 0.1) is 0 Å². The Morgan fingerprint density at radius 1 is 1.73 bits per heavy atom. The highest BCUT2D eigenvalue weighted by Gasteiger charge is 2.02. The second kappa shape index (κ2) is 5.74. The molecule has 15 heavy (non-hydrogen) atoms. The van der Waals surface area contributed by atoms with E-state index in [2.05, 4.69) is 15.4 Å². The Morgan fingerprint density at radius 3 is 3.13 bits per heavy atom. The van der Waals surface area contributed by atoms with Gasteiger partial charge in [0.1, 0.15) is 0 Å². The van der Waals surface area contributed by atoms with E-state index in [-0.39, 0.29) is 6.03 Å². The first-order valence-corrected chi connectivity index (χ1v) is 4.69. The molecule has 0 spiro atoms. The SMILES string of the molecule is CCNC(=O)N(C)N=Cc1cccnc1. The van der Waals surface area contributed by atoms with Crippen LogP contribution < -0.4 is 5.32 Å². The van der Waals surface area contributed by atoms with Crippen molar-refractivity contribution in [1.29, 1.82) is 0 Å². The third-order valence-corrected chi connectivity index (χ3v) is 1.69. The van der Waals surface area contributed by atoms with Crippen LogP contribution in [-0.4, -0.2) is 35.8 Å². The molecule has 0 aliphatic rings. The summed E-state index contributed by atoms with van der Waals surface area (Å²) in [6.07, 6.45) is 4.95. The number of hydrogen-bond acceptors (Lipinski definition) is 3. The lowest BCUT2D eigenvalue weighted by Crippen LogP contribution is -2.33. The molecule has 0 aliphatic heterocycles. The first-order chi connectivity index (χ1) is 7.24. The number of aromatic nitrogens is 1. The zero-order valence-corrected chi connectivity index (χ0v) is 8.84. The summed E-state index contributed by atoms with van der Waals surface area (Å²) >= 11 is 0. The smallest absolute Gasteiger partial charge is 0.337 e. The van der Waals surface area contributed by atoms with Crippen LogP contribution in [0.1, 0.15) is 12.5 Å². The van der Waals surface area contributed by atoms with E-state index >= 15 is 0 Å². The quantitative estimate of drug-likeness (QED) is 0.594. The molecule has 1 heterocycles. The molecular formula is C10H14N4O. The summed E-state index contributed by atoms with van der Waals surface area (Å²) in [5, 5.41) is 7.85. The van der Waals surface area contributed by atoms with Crippen LogP contribution in [0.2, 0.25) is 0 Å². The topological polar surface area (TPSA) is 57.6 Å². The van der Waals surface area contributed by atoms with Crippen LogP contribution in [0.15, 0.2) is 29.6 Å². The zero-order chi connectivity index (χ0) is 11.1. The van der Waals surface area contributed by atoms with Crippen molar-refractivity contribution >= 4 is 12.2 Å². The largest absolute Gasteiger partial charge is 0.337 e. The Bertz CT molecular complexity index is 337.